The lowest BCUT2D eigenvalue weighted by atomic mass is 10.1. The first kappa shape index (κ1) is 21.9. The van der Waals surface area contributed by atoms with Gasteiger partial charge >= 0.3 is 12.2 Å². The van der Waals surface area contributed by atoms with Gasteiger partial charge < -0.3 is 14.6 Å². The third-order valence-electron chi connectivity index (χ3n) is 4.83. The number of ether oxygens (including phenoxy) is 1. The number of aromatic nitrogens is 3. The molecule has 1 aromatic carbocycles. The van der Waals surface area contributed by atoms with Gasteiger partial charge in [0.05, 0.1) is 16.3 Å². The average molecular weight is 468 g/mol. The molecule has 0 radical (unpaired) electrons. The molecule has 12 heteroatoms. The summed E-state index contributed by atoms with van der Waals surface area (Å²) in [6.45, 7) is 3.55. The first-order chi connectivity index (χ1) is 15.1. The number of benzene rings is 1. The molecular weight excluding hydrogens is 451 g/mol. The minimum Gasteiger partial charge on any atom is -0.465 e. The monoisotopic (exact) mass is 467 g/mol. The smallest absolute Gasteiger partial charge is 0.425 e. The molecule has 1 atom stereocenters. The van der Waals surface area contributed by atoms with Crippen LogP contribution >= 0.6 is 11.6 Å². The molecule has 1 aliphatic heterocycles. The van der Waals surface area contributed by atoms with E-state index in [9.17, 15) is 18.0 Å². The molecule has 0 aliphatic carbocycles. The van der Waals surface area contributed by atoms with Crippen molar-refractivity contribution in [3.8, 4) is 28.7 Å². The molecule has 3 aromatic rings. The van der Waals surface area contributed by atoms with E-state index in [1.54, 1.807) is 30.0 Å². The molecule has 1 aliphatic rings. The number of pyridine rings is 1. The Bertz CT molecular complexity index is 1170. The Morgan fingerprint density at radius 3 is 2.66 bits per heavy atom. The van der Waals surface area contributed by atoms with Crippen LogP contribution in [-0.4, -0.2) is 46.5 Å². The van der Waals surface area contributed by atoms with Crippen molar-refractivity contribution < 1.29 is 27.2 Å². The number of urea groups is 1. The quantitative estimate of drug-likeness (QED) is 0.588. The average Bonchev–Trinajstić information content (AvgIpc) is 3.37. The van der Waals surface area contributed by atoms with Crippen molar-refractivity contribution in [1.29, 1.82) is 0 Å². The van der Waals surface area contributed by atoms with E-state index in [1.807, 2.05) is 0 Å². The molecule has 0 saturated carbocycles. The number of hydrogen-bond acceptors (Lipinski definition) is 6. The number of anilines is 1. The SMILES string of the molecule is Cc1nc(OC(C)C(F)(F)F)ccc1-c1noc(-c2cc(N3CCNC3=O)ccc2Cl)n1. The molecule has 0 spiro atoms. The number of aryl methyl sites for hydroxylation is 1. The van der Waals surface area contributed by atoms with E-state index in [0.29, 0.717) is 40.6 Å². The fraction of sp³-hybridized carbons (Fsp3) is 0.300. The van der Waals surface area contributed by atoms with Crippen LogP contribution in [0.2, 0.25) is 5.02 Å². The number of alkyl halides is 3. The molecular formula is C20H17ClF3N5O3. The number of nitrogens with zero attached hydrogens (tertiary/aromatic N) is 4. The molecule has 32 heavy (non-hydrogen) atoms. The number of hydrogen-bond donors (Lipinski definition) is 1. The standard InChI is InChI=1S/C20H17ClF3N5O3/c1-10-13(4-6-16(26-10)31-11(2)20(22,23)24)17-27-18(32-28-17)14-9-12(3-5-15(14)21)29-8-7-25-19(29)30/h3-6,9,11H,7-8H2,1-2H3,(H,25,30). The maximum absolute atomic E-state index is 12.7. The highest BCUT2D eigenvalue weighted by Crippen LogP contribution is 2.33. The van der Waals surface area contributed by atoms with Gasteiger partial charge in [-0.15, -0.1) is 0 Å². The highest BCUT2D eigenvalue weighted by molar-refractivity contribution is 6.33. The fourth-order valence-electron chi connectivity index (χ4n) is 3.09. The van der Waals surface area contributed by atoms with Crippen molar-refractivity contribution in [2.24, 2.45) is 0 Å². The van der Waals surface area contributed by atoms with Gasteiger partial charge in [-0.05, 0) is 38.1 Å². The number of halogens is 4. The van der Waals surface area contributed by atoms with Gasteiger partial charge in [0.25, 0.3) is 5.89 Å². The van der Waals surface area contributed by atoms with E-state index in [1.165, 1.54) is 12.1 Å². The van der Waals surface area contributed by atoms with Crippen LogP contribution in [0, 0.1) is 6.92 Å². The van der Waals surface area contributed by atoms with E-state index < -0.39 is 12.3 Å². The van der Waals surface area contributed by atoms with Crippen LogP contribution in [0.15, 0.2) is 34.9 Å². The molecule has 1 fully saturated rings. The first-order valence-electron chi connectivity index (χ1n) is 9.54. The molecule has 3 heterocycles. The highest BCUT2D eigenvalue weighted by Gasteiger charge is 2.38. The molecule has 168 valence electrons. The van der Waals surface area contributed by atoms with Gasteiger partial charge in [-0.3, -0.25) is 4.90 Å². The Labute approximate surface area is 185 Å². The van der Waals surface area contributed by atoms with Crippen LogP contribution in [0.4, 0.5) is 23.7 Å². The summed E-state index contributed by atoms with van der Waals surface area (Å²) in [7, 11) is 0. The molecule has 8 nitrogen and oxygen atoms in total. The number of carbonyl (C=O) groups is 1. The van der Waals surface area contributed by atoms with E-state index in [0.717, 1.165) is 6.92 Å². The summed E-state index contributed by atoms with van der Waals surface area (Å²) in [6, 6.07) is 7.60. The summed E-state index contributed by atoms with van der Waals surface area (Å²) < 4.78 is 48.3. The van der Waals surface area contributed by atoms with Gasteiger partial charge in [0.2, 0.25) is 11.7 Å². The summed E-state index contributed by atoms with van der Waals surface area (Å²) in [6.07, 6.45) is -6.50. The highest BCUT2D eigenvalue weighted by atomic mass is 35.5. The Hall–Kier alpha value is -3.34. The van der Waals surface area contributed by atoms with E-state index in [-0.39, 0.29) is 23.6 Å². The summed E-state index contributed by atoms with van der Waals surface area (Å²) in [5, 5.41) is 7.01. The van der Waals surface area contributed by atoms with Crippen LogP contribution in [0.3, 0.4) is 0 Å². The van der Waals surface area contributed by atoms with E-state index in [2.05, 4.69) is 20.4 Å². The molecule has 1 unspecified atom stereocenters. The van der Waals surface area contributed by atoms with Gasteiger partial charge in [0.1, 0.15) is 0 Å². The third-order valence-corrected chi connectivity index (χ3v) is 5.16. The zero-order valence-electron chi connectivity index (χ0n) is 16.9. The lowest BCUT2D eigenvalue weighted by molar-refractivity contribution is -0.190. The second-order valence-corrected chi connectivity index (χ2v) is 7.46. The number of rotatable bonds is 5. The molecule has 1 N–H and O–H groups in total. The predicted octanol–water partition coefficient (Wildman–Crippen LogP) is 4.62. The van der Waals surface area contributed by atoms with Crippen molar-refractivity contribution in [2.75, 3.05) is 18.0 Å². The summed E-state index contributed by atoms with van der Waals surface area (Å²) in [5.74, 6) is 0.136. The van der Waals surface area contributed by atoms with Crippen LogP contribution in [0.25, 0.3) is 22.8 Å². The van der Waals surface area contributed by atoms with Crippen LogP contribution < -0.4 is 15.0 Å². The van der Waals surface area contributed by atoms with Crippen LogP contribution in [0.5, 0.6) is 5.88 Å². The maximum Gasteiger partial charge on any atom is 0.425 e. The molecule has 0 bridgehead atoms. The zero-order valence-corrected chi connectivity index (χ0v) is 17.7. The number of carbonyl (C=O) groups excluding carboxylic acids is 1. The lowest BCUT2D eigenvalue weighted by Gasteiger charge is -2.17. The van der Waals surface area contributed by atoms with Crippen LogP contribution in [-0.2, 0) is 0 Å². The first-order valence-corrected chi connectivity index (χ1v) is 9.91. The Morgan fingerprint density at radius 2 is 2.00 bits per heavy atom. The van der Waals surface area contributed by atoms with Crippen molar-refractivity contribution in [3.05, 3.63) is 41.0 Å². The topological polar surface area (TPSA) is 93.4 Å². The Balaban J connectivity index is 1.60. The van der Waals surface area contributed by atoms with Gasteiger partial charge in [-0.1, -0.05) is 16.8 Å². The second-order valence-electron chi connectivity index (χ2n) is 7.06. The lowest BCUT2D eigenvalue weighted by Crippen LogP contribution is -2.31. The van der Waals surface area contributed by atoms with Crippen molar-refractivity contribution in [2.45, 2.75) is 26.1 Å². The van der Waals surface area contributed by atoms with Crippen molar-refractivity contribution >= 4 is 23.3 Å². The van der Waals surface area contributed by atoms with E-state index in [4.69, 9.17) is 20.9 Å². The van der Waals surface area contributed by atoms with Crippen molar-refractivity contribution in [1.82, 2.24) is 20.4 Å². The van der Waals surface area contributed by atoms with Crippen molar-refractivity contribution in [3.63, 3.8) is 0 Å². The third kappa shape index (κ3) is 4.33. The largest absolute Gasteiger partial charge is 0.465 e. The number of amides is 2. The molecule has 2 amide bonds. The second kappa shape index (κ2) is 8.30. The molecule has 2 aromatic heterocycles. The van der Waals surface area contributed by atoms with Crippen LogP contribution in [0.1, 0.15) is 12.6 Å². The zero-order chi connectivity index (χ0) is 23.0. The Kier molecular flexibility index (Phi) is 5.68. The summed E-state index contributed by atoms with van der Waals surface area (Å²) in [5.41, 5.74) is 1.88. The minimum absolute atomic E-state index is 0.122. The van der Waals surface area contributed by atoms with E-state index >= 15 is 0 Å². The maximum atomic E-state index is 12.7. The fourth-order valence-corrected chi connectivity index (χ4v) is 3.29. The summed E-state index contributed by atoms with van der Waals surface area (Å²) >= 11 is 6.30. The summed E-state index contributed by atoms with van der Waals surface area (Å²) in [4.78, 5) is 21.9. The predicted molar refractivity (Wildman–Crippen MR) is 110 cm³/mol. The van der Waals surface area contributed by atoms with Gasteiger partial charge in [0.15, 0.2) is 6.10 Å². The minimum atomic E-state index is -4.50. The Morgan fingerprint density at radius 1 is 1.22 bits per heavy atom. The molecule has 4 rings (SSSR count). The molecule has 1 saturated heterocycles. The van der Waals surface area contributed by atoms with Gasteiger partial charge in [-0.2, -0.15) is 18.2 Å². The van der Waals surface area contributed by atoms with Gasteiger partial charge in [-0.25, -0.2) is 9.78 Å². The normalized spacial score (nSPS) is 15.1. The van der Waals surface area contributed by atoms with Gasteiger partial charge in [0, 0.05) is 30.4 Å². The number of nitrogens with one attached hydrogen (secondary N) is 1.